The maximum absolute atomic E-state index is 12.5. The lowest BCUT2D eigenvalue weighted by atomic mass is 10.0. The Morgan fingerprint density at radius 2 is 1.12 bits per heavy atom. The Kier molecular flexibility index (Phi) is 33.3. The smallest absolute Gasteiger partial charge is 0.326 e. The highest BCUT2D eigenvalue weighted by Gasteiger charge is 2.19. The summed E-state index contributed by atoms with van der Waals surface area (Å²) in [7, 11) is 0. The molecule has 0 spiro atoms. The average Bonchev–Trinajstić information content (AvgIpc) is 3.08. The fourth-order valence-corrected chi connectivity index (χ4v) is 4.89. The number of aliphatic carboxylic acids is 1. The minimum atomic E-state index is -1.03. The third kappa shape index (κ3) is 32.9. The number of carbonyl (C=O) groups is 3. The molecule has 276 valence electrons. The van der Waals surface area contributed by atoms with Gasteiger partial charge in [-0.3, -0.25) is 9.59 Å². The van der Waals surface area contributed by atoms with Crippen LogP contribution in [0.3, 0.4) is 0 Å². The SMILES string of the molecule is CC/C=C\C/C=C\C/C=C\C/C=C\C/C=C\C/C=C\C/C=C\CCCC(=O)OC(CCCC)CCCCCC(=O)NC(CCCN)C(=O)O. The van der Waals surface area contributed by atoms with Crippen LogP contribution in [0.4, 0.5) is 0 Å². The van der Waals surface area contributed by atoms with Crippen LogP contribution < -0.4 is 11.1 Å². The minimum Gasteiger partial charge on any atom is -0.480 e. The second-order valence-electron chi connectivity index (χ2n) is 12.3. The molecule has 0 radical (unpaired) electrons. The Labute approximate surface area is 298 Å². The Morgan fingerprint density at radius 3 is 1.61 bits per heavy atom. The topological polar surface area (TPSA) is 119 Å². The Hall–Kier alpha value is -3.45. The van der Waals surface area contributed by atoms with Crippen LogP contribution in [0.5, 0.6) is 0 Å². The van der Waals surface area contributed by atoms with Gasteiger partial charge in [0.25, 0.3) is 0 Å². The number of nitrogens with two attached hydrogens (primary N) is 1. The van der Waals surface area contributed by atoms with Crippen molar-refractivity contribution < 1.29 is 24.2 Å². The normalized spacial score (nSPS) is 13.7. The number of esters is 1. The molecule has 0 aromatic heterocycles. The number of unbranched alkanes of at least 4 members (excludes halogenated alkanes) is 4. The van der Waals surface area contributed by atoms with Gasteiger partial charge in [-0.05, 0) is 103 Å². The number of carboxylic acid groups (broad SMARTS) is 1. The lowest BCUT2D eigenvalue weighted by Crippen LogP contribution is -2.40. The summed E-state index contributed by atoms with van der Waals surface area (Å²) in [6.07, 6.45) is 46.8. The first-order valence-corrected chi connectivity index (χ1v) is 18.9. The lowest BCUT2D eigenvalue weighted by molar-refractivity contribution is -0.150. The quantitative estimate of drug-likeness (QED) is 0.0370. The number of ether oxygens (including phenoxy) is 1. The van der Waals surface area contributed by atoms with Gasteiger partial charge >= 0.3 is 11.9 Å². The summed E-state index contributed by atoms with van der Waals surface area (Å²) in [5, 5.41) is 11.8. The van der Waals surface area contributed by atoms with E-state index in [-0.39, 0.29) is 18.0 Å². The number of carboxylic acids is 1. The van der Waals surface area contributed by atoms with Crippen LogP contribution in [0.15, 0.2) is 85.1 Å². The summed E-state index contributed by atoms with van der Waals surface area (Å²) < 4.78 is 5.80. The van der Waals surface area contributed by atoms with Crippen LogP contribution in [0.2, 0.25) is 0 Å². The van der Waals surface area contributed by atoms with E-state index in [2.05, 4.69) is 104 Å². The maximum Gasteiger partial charge on any atom is 0.326 e. The highest BCUT2D eigenvalue weighted by Crippen LogP contribution is 2.16. The van der Waals surface area contributed by atoms with Crippen molar-refractivity contribution in [1.29, 1.82) is 0 Å². The number of carbonyl (C=O) groups excluding carboxylic acids is 2. The first-order chi connectivity index (χ1) is 23.9. The van der Waals surface area contributed by atoms with Crippen LogP contribution in [-0.2, 0) is 19.1 Å². The van der Waals surface area contributed by atoms with E-state index in [1.54, 1.807) is 0 Å². The van der Waals surface area contributed by atoms with E-state index in [0.717, 1.165) is 96.3 Å². The molecule has 7 nitrogen and oxygen atoms in total. The van der Waals surface area contributed by atoms with Crippen molar-refractivity contribution >= 4 is 17.8 Å². The highest BCUT2D eigenvalue weighted by molar-refractivity contribution is 5.83. The molecule has 0 bridgehead atoms. The number of nitrogens with one attached hydrogen (secondary N) is 1. The van der Waals surface area contributed by atoms with E-state index in [4.69, 9.17) is 10.5 Å². The minimum absolute atomic E-state index is 0.0856. The van der Waals surface area contributed by atoms with Crippen LogP contribution in [0.1, 0.15) is 142 Å². The van der Waals surface area contributed by atoms with Gasteiger partial charge in [0, 0.05) is 12.8 Å². The maximum atomic E-state index is 12.5. The van der Waals surface area contributed by atoms with Crippen molar-refractivity contribution in [2.24, 2.45) is 5.73 Å². The molecule has 0 aromatic carbocycles. The van der Waals surface area contributed by atoms with Crippen LogP contribution in [0.25, 0.3) is 0 Å². The molecule has 0 fully saturated rings. The Balaban J connectivity index is 4.02. The number of hydrogen-bond donors (Lipinski definition) is 3. The van der Waals surface area contributed by atoms with Crippen LogP contribution in [-0.4, -0.2) is 41.6 Å². The van der Waals surface area contributed by atoms with E-state index in [9.17, 15) is 19.5 Å². The van der Waals surface area contributed by atoms with E-state index in [1.165, 1.54) is 0 Å². The fourth-order valence-electron chi connectivity index (χ4n) is 4.89. The number of allylic oxidation sites excluding steroid dienone is 14. The van der Waals surface area contributed by atoms with Gasteiger partial charge in [0.1, 0.15) is 12.1 Å². The number of hydrogen-bond acceptors (Lipinski definition) is 5. The summed E-state index contributed by atoms with van der Waals surface area (Å²) in [5.74, 6) is -1.41. The highest BCUT2D eigenvalue weighted by atomic mass is 16.5. The molecule has 2 atom stereocenters. The van der Waals surface area contributed by atoms with Gasteiger partial charge in [-0.1, -0.05) is 118 Å². The zero-order valence-electron chi connectivity index (χ0n) is 30.7. The molecule has 0 heterocycles. The average molecular weight is 681 g/mol. The molecule has 1 amide bonds. The van der Waals surface area contributed by atoms with Crippen molar-refractivity contribution in [3.8, 4) is 0 Å². The molecule has 7 heteroatoms. The standard InChI is InChI=1S/C42H68N2O5/c1-3-5-7-8-9-10-11-12-13-14-15-16-17-18-19-20-21-22-23-24-25-26-30-36-41(46)49-38(32-6-4-2)33-28-27-29-35-40(45)44-39(42(47)48)34-31-37-43/h5,7,9-10,12-13,15-16,18-19,21-22,24-25,38-39H,3-4,6,8,11,14,17,20,23,26-37,43H2,1-2H3,(H,44,45)(H,47,48)/b7-5-,10-9-,13-12-,16-15-,19-18-,22-21-,25-24-. The first-order valence-electron chi connectivity index (χ1n) is 18.9. The predicted molar refractivity (Wildman–Crippen MR) is 206 cm³/mol. The summed E-state index contributed by atoms with van der Waals surface area (Å²) in [6.45, 7) is 4.67. The summed E-state index contributed by atoms with van der Waals surface area (Å²) in [6, 6.07) is -0.882. The molecular weight excluding hydrogens is 612 g/mol. The predicted octanol–water partition coefficient (Wildman–Crippen LogP) is 10.2. The van der Waals surface area contributed by atoms with Crippen molar-refractivity contribution in [1.82, 2.24) is 5.32 Å². The van der Waals surface area contributed by atoms with Crippen molar-refractivity contribution in [2.45, 2.75) is 154 Å². The van der Waals surface area contributed by atoms with E-state index in [0.29, 0.717) is 38.6 Å². The summed E-state index contributed by atoms with van der Waals surface area (Å²) in [5.41, 5.74) is 5.45. The zero-order valence-corrected chi connectivity index (χ0v) is 30.7. The molecule has 0 rings (SSSR count). The molecule has 0 saturated carbocycles. The lowest BCUT2D eigenvalue weighted by Gasteiger charge is -2.18. The van der Waals surface area contributed by atoms with Crippen LogP contribution in [0, 0.1) is 0 Å². The third-order valence-electron chi connectivity index (χ3n) is 7.72. The van der Waals surface area contributed by atoms with E-state index >= 15 is 0 Å². The van der Waals surface area contributed by atoms with Crippen LogP contribution >= 0.6 is 0 Å². The molecule has 0 aromatic rings. The van der Waals surface area contributed by atoms with Gasteiger partial charge in [-0.2, -0.15) is 0 Å². The molecule has 0 saturated heterocycles. The van der Waals surface area contributed by atoms with Gasteiger partial charge in [0.05, 0.1) is 0 Å². The Bertz CT molecular complexity index is 1040. The van der Waals surface area contributed by atoms with Crippen molar-refractivity contribution in [3.05, 3.63) is 85.1 Å². The molecular formula is C42H68N2O5. The number of amides is 1. The largest absolute Gasteiger partial charge is 0.480 e. The van der Waals surface area contributed by atoms with Gasteiger partial charge in [0.15, 0.2) is 0 Å². The van der Waals surface area contributed by atoms with Gasteiger partial charge in [-0.25, -0.2) is 4.79 Å². The molecule has 0 aliphatic heterocycles. The van der Waals surface area contributed by atoms with Crippen molar-refractivity contribution in [3.63, 3.8) is 0 Å². The number of rotatable bonds is 32. The Morgan fingerprint density at radius 1 is 0.612 bits per heavy atom. The second kappa shape index (κ2) is 35.8. The third-order valence-corrected chi connectivity index (χ3v) is 7.72. The van der Waals surface area contributed by atoms with Crippen molar-refractivity contribution in [2.75, 3.05) is 6.54 Å². The first kappa shape index (κ1) is 45.6. The molecule has 49 heavy (non-hydrogen) atoms. The van der Waals surface area contributed by atoms with Gasteiger partial charge in [0.2, 0.25) is 5.91 Å². The van der Waals surface area contributed by atoms with E-state index < -0.39 is 12.0 Å². The molecule has 0 aliphatic rings. The monoisotopic (exact) mass is 681 g/mol. The molecule has 2 unspecified atom stereocenters. The second-order valence-corrected chi connectivity index (χ2v) is 12.3. The zero-order chi connectivity index (χ0) is 36.0. The molecule has 0 aliphatic carbocycles. The van der Waals surface area contributed by atoms with Gasteiger partial charge in [-0.15, -0.1) is 0 Å². The van der Waals surface area contributed by atoms with Gasteiger partial charge < -0.3 is 20.9 Å². The molecule has 4 N–H and O–H groups in total. The van der Waals surface area contributed by atoms with E-state index in [1.807, 2.05) is 0 Å². The summed E-state index contributed by atoms with van der Waals surface area (Å²) in [4.78, 5) is 35.9. The summed E-state index contributed by atoms with van der Waals surface area (Å²) >= 11 is 0. The fraction of sp³-hybridized carbons (Fsp3) is 0.595.